The van der Waals surface area contributed by atoms with Crippen molar-refractivity contribution in [1.82, 2.24) is 35.3 Å². The molecule has 3 rings (SSSR count). The second-order valence-electron chi connectivity index (χ2n) is 5.32. The average Bonchev–Trinajstić information content (AvgIpc) is 3.30. The minimum Gasteiger partial charge on any atom is -0.354 e. The first kappa shape index (κ1) is 15.7. The van der Waals surface area contributed by atoms with Gasteiger partial charge in [0.2, 0.25) is 11.1 Å². The SMILES string of the molecule is Cn1nnnc1SCC(=O)NCCn1nc(C2CC2)ccc1=O. The normalized spacial score (nSPS) is 14.0. The van der Waals surface area contributed by atoms with Crippen LogP contribution in [0.4, 0.5) is 0 Å². The minimum atomic E-state index is -0.150. The van der Waals surface area contributed by atoms with Crippen LogP contribution in [-0.2, 0) is 18.4 Å². The molecule has 2 heterocycles. The summed E-state index contributed by atoms with van der Waals surface area (Å²) in [6.07, 6.45) is 2.27. The molecule has 1 aliphatic rings. The van der Waals surface area contributed by atoms with E-state index in [0.29, 0.717) is 24.2 Å². The van der Waals surface area contributed by atoms with Crippen LogP contribution in [0.3, 0.4) is 0 Å². The van der Waals surface area contributed by atoms with Gasteiger partial charge in [-0.15, -0.1) is 5.10 Å². The summed E-state index contributed by atoms with van der Waals surface area (Å²) < 4.78 is 2.92. The molecule has 2 aromatic rings. The average molecular weight is 335 g/mol. The Kier molecular flexibility index (Phi) is 4.70. The van der Waals surface area contributed by atoms with Crippen LogP contribution in [0.15, 0.2) is 22.1 Å². The molecule has 1 saturated carbocycles. The van der Waals surface area contributed by atoms with Gasteiger partial charge in [-0.3, -0.25) is 9.59 Å². The van der Waals surface area contributed by atoms with Crippen molar-refractivity contribution in [2.75, 3.05) is 12.3 Å². The van der Waals surface area contributed by atoms with Crippen molar-refractivity contribution in [3.05, 3.63) is 28.2 Å². The third kappa shape index (κ3) is 4.15. The highest BCUT2D eigenvalue weighted by Crippen LogP contribution is 2.38. The zero-order chi connectivity index (χ0) is 16.2. The number of carbonyl (C=O) groups excluding carboxylic acids is 1. The van der Waals surface area contributed by atoms with Gasteiger partial charge >= 0.3 is 0 Å². The predicted molar refractivity (Wildman–Crippen MR) is 83.0 cm³/mol. The van der Waals surface area contributed by atoms with E-state index in [1.54, 1.807) is 19.2 Å². The summed E-state index contributed by atoms with van der Waals surface area (Å²) in [5, 5.41) is 18.7. The van der Waals surface area contributed by atoms with E-state index in [1.165, 1.54) is 21.1 Å². The first-order valence-corrected chi connectivity index (χ1v) is 8.32. The molecule has 0 saturated heterocycles. The number of nitrogens with one attached hydrogen (secondary N) is 1. The summed E-state index contributed by atoms with van der Waals surface area (Å²) >= 11 is 1.26. The van der Waals surface area contributed by atoms with E-state index in [0.717, 1.165) is 18.5 Å². The molecular weight excluding hydrogens is 318 g/mol. The van der Waals surface area contributed by atoms with Crippen molar-refractivity contribution in [2.45, 2.75) is 30.5 Å². The molecule has 0 aliphatic heterocycles. The Labute approximate surface area is 136 Å². The summed E-state index contributed by atoms with van der Waals surface area (Å²) in [6, 6.07) is 3.33. The van der Waals surface area contributed by atoms with Gasteiger partial charge in [0.05, 0.1) is 18.0 Å². The van der Waals surface area contributed by atoms with Gasteiger partial charge in [-0.25, -0.2) is 9.36 Å². The molecule has 0 radical (unpaired) electrons. The van der Waals surface area contributed by atoms with Gasteiger partial charge in [0.15, 0.2) is 0 Å². The largest absolute Gasteiger partial charge is 0.354 e. The Balaban J connectivity index is 1.45. The van der Waals surface area contributed by atoms with Gasteiger partial charge in [-0.2, -0.15) is 5.10 Å². The number of hydrogen-bond donors (Lipinski definition) is 1. The number of thioether (sulfide) groups is 1. The lowest BCUT2D eigenvalue weighted by molar-refractivity contribution is -0.118. The van der Waals surface area contributed by atoms with E-state index in [9.17, 15) is 9.59 Å². The maximum Gasteiger partial charge on any atom is 0.266 e. The number of hydrogen-bond acceptors (Lipinski definition) is 7. The molecule has 0 atom stereocenters. The third-order valence-corrected chi connectivity index (χ3v) is 4.45. The van der Waals surface area contributed by atoms with Crippen LogP contribution in [0.1, 0.15) is 24.5 Å². The molecule has 0 aromatic carbocycles. The lowest BCUT2D eigenvalue weighted by atomic mass is 10.3. The summed E-state index contributed by atoms with van der Waals surface area (Å²) in [6.45, 7) is 0.721. The number of aryl methyl sites for hydroxylation is 1. The first-order chi connectivity index (χ1) is 11.1. The van der Waals surface area contributed by atoms with Crippen LogP contribution in [0.5, 0.6) is 0 Å². The van der Waals surface area contributed by atoms with E-state index < -0.39 is 0 Å². The lowest BCUT2D eigenvalue weighted by Gasteiger charge is -2.07. The molecule has 122 valence electrons. The molecular formula is C13H17N7O2S. The van der Waals surface area contributed by atoms with Gasteiger partial charge in [-0.1, -0.05) is 11.8 Å². The van der Waals surface area contributed by atoms with Crippen LogP contribution in [0, 0.1) is 0 Å². The van der Waals surface area contributed by atoms with Crippen LogP contribution >= 0.6 is 11.8 Å². The Morgan fingerprint density at radius 1 is 1.43 bits per heavy atom. The number of aromatic nitrogens is 6. The van der Waals surface area contributed by atoms with Gasteiger partial charge in [-0.05, 0) is 29.3 Å². The van der Waals surface area contributed by atoms with E-state index >= 15 is 0 Å². The maximum atomic E-state index is 11.8. The molecule has 0 unspecified atom stereocenters. The molecule has 10 heteroatoms. The third-order valence-electron chi connectivity index (χ3n) is 3.44. The number of tetrazole rings is 1. The Bertz CT molecular complexity index is 753. The molecule has 1 aliphatic carbocycles. The van der Waals surface area contributed by atoms with Crippen LogP contribution < -0.4 is 10.9 Å². The number of nitrogens with zero attached hydrogens (tertiary/aromatic N) is 6. The van der Waals surface area contributed by atoms with Crippen molar-refractivity contribution in [3.8, 4) is 0 Å². The fourth-order valence-corrected chi connectivity index (χ4v) is 2.73. The van der Waals surface area contributed by atoms with E-state index in [2.05, 4.69) is 25.9 Å². The number of amides is 1. The Morgan fingerprint density at radius 2 is 2.26 bits per heavy atom. The van der Waals surface area contributed by atoms with Gasteiger partial charge in [0.25, 0.3) is 5.56 Å². The van der Waals surface area contributed by atoms with E-state index in [1.807, 2.05) is 0 Å². The second-order valence-corrected chi connectivity index (χ2v) is 6.26. The summed E-state index contributed by atoms with van der Waals surface area (Å²) in [5.41, 5.74) is 0.810. The van der Waals surface area contributed by atoms with Crippen molar-refractivity contribution in [3.63, 3.8) is 0 Å². The van der Waals surface area contributed by atoms with Gasteiger partial charge in [0.1, 0.15) is 0 Å². The topological polar surface area (TPSA) is 108 Å². The highest BCUT2D eigenvalue weighted by Gasteiger charge is 2.25. The molecule has 23 heavy (non-hydrogen) atoms. The smallest absolute Gasteiger partial charge is 0.266 e. The number of carbonyl (C=O) groups is 1. The van der Waals surface area contributed by atoms with Crippen LogP contribution in [0.25, 0.3) is 0 Å². The zero-order valence-corrected chi connectivity index (χ0v) is 13.5. The monoisotopic (exact) mass is 335 g/mol. The quantitative estimate of drug-likeness (QED) is 0.683. The minimum absolute atomic E-state index is 0.135. The summed E-state index contributed by atoms with van der Waals surface area (Å²) in [7, 11) is 1.71. The maximum absolute atomic E-state index is 11.8. The zero-order valence-electron chi connectivity index (χ0n) is 12.7. The first-order valence-electron chi connectivity index (χ1n) is 7.33. The molecule has 2 aromatic heterocycles. The van der Waals surface area contributed by atoms with Gasteiger partial charge < -0.3 is 5.32 Å². The van der Waals surface area contributed by atoms with Crippen LogP contribution in [0.2, 0.25) is 0 Å². The molecule has 1 fully saturated rings. The highest BCUT2D eigenvalue weighted by molar-refractivity contribution is 7.99. The molecule has 9 nitrogen and oxygen atoms in total. The second kappa shape index (κ2) is 6.90. The number of rotatable bonds is 7. The predicted octanol–water partition coefficient (Wildman–Crippen LogP) is -0.447. The van der Waals surface area contributed by atoms with E-state index in [4.69, 9.17) is 0 Å². The van der Waals surface area contributed by atoms with Gasteiger partial charge in [0, 0.05) is 25.6 Å². The van der Waals surface area contributed by atoms with Crippen molar-refractivity contribution in [1.29, 1.82) is 0 Å². The molecule has 1 amide bonds. The summed E-state index contributed by atoms with van der Waals surface area (Å²) in [4.78, 5) is 23.6. The lowest BCUT2D eigenvalue weighted by Crippen LogP contribution is -2.33. The Morgan fingerprint density at radius 3 is 2.96 bits per heavy atom. The molecule has 1 N–H and O–H groups in total. The van der Waals surface area contributed by atoms with Crippen molar-refractivity contribution < 1.29 is 4.79 Å². The van der Waals surface area contributed by atoms with E-state index in [-0.39, 0.29) is 17.2 Å². The highest BCUT2D eigenvalue weighted by atomic mass is 32.2. The van der Waals surface area contributed by atoms with Crippen LogP contribution in [-0.4, -0.2) is 48.2 Å². The molecule has 0 bridgehead atoms. The Hall–Kier alpha value is -2.23. The summed E-state index contributed by atoms with van der Waals surface area (Å²) in [5.74, 6) is 0.579. The van der Waals surface area contributed by atoms with Crippen molar-refractivity contribution in [2.24, 2.45) is 7.05 Å². The molecule has 0 spiro atoms. The van der Waals surface area contributed by atoms with Crippen molar-refractivity contribution >= 4 is 17.7 Å². The standard InChI is InChI=1S/C13H17N7O2S/c1-19-13(15-17-18-19)23-8-11(21)14-6-7-20-12(22)5-4-10(16-20)9-2-3-9/h4-5,9H,2-3,6-8H2,1H3,(H,14,21). The fourth-order valence-electron chi connectivity index (χ4n) is 2.05. The fraction of sp³-hybridized carbons (Fsp3) is 0.538.